The van der Waals surface area contributed by atoms with Crippen LogP contribution in [0.2, 0.25) is 0 Å². The summed E-state index contributed by atoms with van der Waals surface area (Å²) in [6.45, 7) is 3.02. The van der Waals surface area contributed by atoms with E-state index < -0.39 is 10.0 Å². The zero-order valence-corrected chi connectivity index (χ0v) is 15.2. The Balaban J connectivity index is 1.53. The number of pyridine rings is 1. The first-order chi connectivity index (χ1) is 11.6. The molecule has 1 fully saturated rings. The predicted octanol–water partition coefficient (Wildman–Crippen LogP) is 2.88. The van der Waals surface area contributed by atoms with Crippen molar-refractivity contribution >= 4 is 27.2 Å². The molecule has 2 aliphatic rings. The van der Waals surface area contributed by atoms with Crippen molar-refractivity contribution < 1.29 is 8.42 Å². The Bertz CT molecular complexity index is 809. The Morgan fingerprint density at radius 1 is 1.04 bits per heavy atom. The molecule has 0 saturated carbocycles. The second-order valence-electron chi connectivity index (χ2n) is 6.36. The third-order valence-electron chi connectivity index (χ3n) is 4.81. The summed E-state index contributed by atoms with van der Waals surface area (Å²) in [7, 11) is -3.40. The summed E-state index contributed by atoms with van der Waals surface area (Å²) in [6.07, 6.45) is 5.55. The average molecular weight is 364 g/mol. The summed E-state index contributed by atoms with van der Waals surface area (Å²) in [6, 6.07) is 5.71. The topological polar surface area (TPSA) is 53.5 Å². The molecule has 24 heavy (non-hydrogen) atoms. The van der Waals surface area contributed by atoms with Crippen molar-refractivity contribution in [2.24, 2.45) is 0 Å². The van der Waals surface area contributed by atoms with E-state index in [1.54, 1.807) is 10.4 Å². The largest absolute Gasteiger partial charge is 0.352 e. The zero-order valence-electron chi connectivity index (χ0n) is 13.5. The maximum Gasteiger partial charge on any atom is 0.244 e. The van der Waals surface area contributed by atoms with Crippen LogP contribution in [0.25, 0.3) is 0 Å². The number of nitrogens with zero attached hydrogens (tertiary/aromatic N) is 3. The summed E-state index contributed by atoms with van der Waals surface area (Å²) in [4.78, 5) is 8.42. The fraction of sp³-hybridized carbons (Fsp3) is 0.471. The number of hydrogen-bond acceptors (Lipinski definition) is 5. The number of piperidine rings is 1. The lowest BCUT2D eigenvalue weighted by molar-refractivity contribution is 0.346. The van der Waals surface area contributed by atoms with Crippen LogP contribution in [0.15, 0.2) is 34.7 Å². The van der Waals surface area contributed by atoms with Gasteiger partial charge in [-0.25, -0.2) is 13.4 Å². The highest BCUT2D eigenvalue weighted by atomic mass is 32.2. The number of sulfonamides is 1. The van der Waals surface area contributed by atoms with Crippen LogP contribution < -0.4 is 4.90 Å². The molecular weight excluding hydrogens is 342 g/mol. The monoisotopic (exact) mass is 363 g/mol. The molecule has 0 spiro atoms. The van der Waals surface area contributed by atoms with Crippen LogP contribution in [-0.2, 0) is 23.0 Å². The smallest absolute Gasteiger partial charge is 0.244 e. The van der Waals surface area contributed by atoms with Gasteiger partial charge >= 0.3 is 0 Å². The lowest BCUT2D eigenvalue weighted by Crippen LogP contribution is -2.35. The average Bonchev–Trinajstić information content (AvgIpc) is 3.10. The summed E-state index contributed by atoms with van der Waals surface area (Å²) >= 11 is 1.81. The van der Waals surface area contributed by atoms with Gasteiger partial charge in [-0.2, -0.15) is 4.31 Å². The molecule has 0 atom stereocenters. The predicted molar refractivity (Wildman–Crippen MR) is 95.9 cm³/mol. The normalized spacial score (nSPS) is 19.2. The Morgan fingerprint density at radius 3 is 2.62 bits per heavy atom. The fourth-order valence-electron chi connectivity index (χ4n) is 3.41. The van der Waals surface area contributed by atoms with Crippen molar-refractivity contribution in [2.45, 2.75) is 37.1 Å². The number of aromatic nitrogens is 1. The number of anilines is 1. The molecular formula is C17H21N3O2S2. The molecule has 2 aliphatic heterocycles. The van der Waals surface area contributed by atoms with Crippen molar-refractivity contribution in [3.63, 3.8) is 0 Å². The summed E-state index contributed by atoms with van der Waals surface area (Å²) < 4.78 is 26.9. The van der Waals surface area contributed by atoms with Gasteiger partial charge in [0.15, 0.2) is 0 Å². The first kappa shape index (κ1) is 16.1. The molecule has 0 N–H and O–H groups in total. The molecule has 0 bridgehead atoms. The first-order valence-electron chi connectivity index (χ1n) is 8.41. The van der Waals surface area contributed by atoms with E-state index in [4.69, 9.17) is 0 Å². The zero-order chi connectivity index (χ0) is 16.6. The van der Waals surface area contributed by atoms with Crippen LogP contribution in [0.4, 0.5) is 5.82 Å². The lowest BCUT2D eigenvalue weighted by Gasteiger charge is -2.28. The fourth-order valence-corrected chi connectivity index (χ4v) is 5.76. The van der Waals surface area contributed by atoms with E-state index >= 15 is 0 Å². The SMILES string of the molecule is O=S(=O)(c1ccc(N2CCc3sccc3C2)nc1)N1CCCCC1. The van der Waals surface area contributed by atoms with Gasteiger partial charge in [0, 0.05) is 37.3 Å². The van der Waals surface area contributed by atoms with Crippen LogP contribution in [0.1, 0.15) is 29.7 Å². The lowest BCUT2D eigenvalue weighted by atomic mass is 10.1. The molecule has 7 heteroatoms. The molecule has 2 aromatic rings. The van der Waals surface area contributed by atoms with Crippen molar-refractivity contribution in [2.75, 3.05) is 24.5 Å². The summed E-state index contributed by atoms with van der Waals surface area (Å²) in [5.41, 5.74) is 1.36. The van der Waals surface area contributed by atoms with Gasteiger partial charge in [0.1, 0.15) is 10.7 Å². The minimum atomic E-state index is -3.40. The number of rotatable bonds is 3. The van der Waals surface area contributed by atoms with Gasteiger partial charge < -0.3 is 4.90 Å². The highest BCUT2D eigenvalue weighted by Crippen LogP contribution is 2.27. The second-order valence-corrected chi connectivity index (χ2v) is 9.30. The van der Waals surface area contributed by atoms with Gasteiger partial charge in [0.05, 0.1) is 0 Å². The molecule has 128 valence electrons. The molecule has 0 unspecified atom stereocenters. The third kappa shape index (κ3) is 2.96. The molecule has 0 amide bonds. The Morgan fingerprint density at radius 2 is 1.88 bits per heavy atom. The molecule has 0 aliphatic carbocycles. The quantitative estimate of drug-likeness (QED) is 0.841. The van der Waals surface area contributed by atoms with Crippen molar-refractivity contribution in [1.29, 1.82) is 0 Å². The first-order valence-corrected chi connectivity index (χ1v) is 10.7. The maximum absolute atomic E-state index is 12.7. The van der Waals surface area contributed by atoms with E-state index in [2.05, 4.69) is 21.3 Å². The minimum Gasteiger partial charge on any atom is -0.352 e. The molecule has 0 aromatic carbocycles. The highest BCUT2D eigenvalue weighted by molar-refractivity contribution is 7.89. The van der Waals surface area contributed by atoms with Crippen LogP contribution in [0.5, 0.6) is 0 Å². The van der Waals surface area contributed by atoms with Gasteiger partial charge in [-0.3, -0.25) is 0 Å². The van der Waals surface area contributed by atoms with Gasteiger partial charge in [0.25, 0.3) is 0 Å². The van der Waals surface area contributed by atoms with Gasteiger partial charge in [0.2, 0.25) is 10.0 Å². The van der Waals surface area contributed by atoms with E-state index in [9.17, 15) is 8.42 Å². The number of thiophene rings is 1. The molecule has 1 saturated heterocycles. The maximum atomic E-state index is 12.7. The third-order valence-corrected chi connectivity index (χ3v) is 7.71. The number of fused-ring (bicyclic) bond motifs is 1. The highest BCUT2D eigenvalue weighted by Gasteiger charge is 2.26. The van der Waals surface area contributed by atoms with E-state index in [1.807, 2.05) is 17.4 Å². The van der Waals surface area contributed by atoms with Gasteiger partial charge in [-0.1, -0.05) is 6.42 Å². The van der Waals surface area contributed by atoms with Crippen molar-refractivity contribution in [3.8, 4) is 0 Å². The Hall–Kier alpha value is -1.44. The van der Waals surface area contributed by atoms with E-state index in [0.717, 1.165) is 44.6 Å². The van der Waals surface area contributed by atoms with Gasteiger partial charge in [-0.05, 0) is 48.4 Å². The van der Waals surface area contributed by atoms with Crippen LogP contribution >= 0.6 is 11.3 Å². The molecule has 2 aromatic heterocycles. The minimum absolute atomic E-state index is 0.307. The van der Waals surface area contributed by atoms with Crippen molar-refractivity contribution in [1.82, 2.24) is 9.29 Å². The van der Waals surface area contributed by atoms with Crippen LogP contribution in [0, 0.1) is 0 Å². The van der Waals surface area contributed by atoms with Crippen LogP contribution in [0.3, 0.4) is 0 Å². The molecule has 5 nitrogen and oxygen atoms in total. The summed E-state index contributed by atoms with van der Waals surface area (Å²) in [5, 5.41) is 2.13. The Labute approximate surface area is 147 Å². The molecule has 0 radical (unpaired) electrons. The van der Waals surface area contributed by atoms with E-state index in [1.165, 1.54) is 16.6 Å². The van der Waals surface area contributed by atoms with Crippen LogP contribution in [-0.4, -0.2) is 37.3 Å². The van der Waals surface area contributed by atoms with Gasteiger partial charge in [-0.15, -0.1) is 11.3 Å². The van der Waals surface area contributed by atoms with Crippen molar-refractivity contribution in [3.05, 3.63) is 40.2 Å². The second kappa shape index (κ2) is 6.46. The van der Waals surface area contributed by atoms with E-state index in [0.29, 0.717) is 18.0 Å². The Kier molecular flexibility index (Phi) is 4.32. The molecule has 4 rings (SSSR count). The van der Waals surface area contributed by atoms with E-state index in [-0.39, 0.29) is 0 Å². The molecule has 4 heterocycles. The standard InChI is InChI=1S/C17H21N3O2S2/c21-24(22,20-8-2-1-3-9-20)15-4-5-17(18-12-15)19-10-6-16-14(13-19)7-11-23-16/h4-5,7,11-12H,1-3,6,8-10,13H2. The number of hydrogen-bond donors (Lipinski definition) is 0. The summed E-state index contributed by atoms with van der Waals surface area (Å²) in [5.74, 6) is 0.851.